The molecule has 0 unspecified atom stereocenters. The number of rotatable bonds is 4. The first-order chi connectivity index (χ1) is 11.3. The van der Waals surface area contributed by atoms with Gasteiger partial charge in [0, 0.05) is 25.8 Å². The van der Waals surface area contributed by atoms with Gasteiger partial charge in [-0.3, -0.25) is 4.79 Å². The van der Waals surface area contributed by atoms with E-state index in [2.05, 4.69) is 20.1 Å². The van der Waals surface area contributed by atoms with E-state index < -0.39 is 0 Å². The second-order valence-corrected chi connectivity index (χ2v) is 5.95. The van der Waals surface area contributed by atoms with Crippen LogP contribution in [-0.4, -0.2) is 39.6 Å². The molecule has 4 heterocycles. The smallest absolute Gasteiger partial charge is 0.269 e. The Kier molecular flexibility index (Phi) is 3.82. The fourth-order valence-electron chi connectivity index (χ4n) is 3.06. The van der Waals surface area contributed by atoms with Gasteiger partial charge >= 0.3 is 0 Å². The molecule has 0 aromatic carbocycles. The molecule has 0 radical (unpaired) electrons. The third-order valence-electron chi connectivity index (χ3n) is 4.31. The maximum atomic E-state index is 12.2. The van der Waals surface area contributed by atoms with Gasteiger partial charge < -0.3 is 14.2 Å². The molecule has 1 atom stereocenters. The van der Waals surface area contributed by atoms with Crippen molar-refractivity contribution < 1.29 is 9.26 Å². The third-order valence-corrected chi connectivity index (χ3v) is 4.31. The molecule has 8 nitrogen and oxygen atoms in total. The van der Waals surface area contributed by atoms with Crippen LogP contribution in [0.1, 0.15) is 43.5 Å². The van der Waals surface area contributed by atoms with Crippen molar-refractivity contribution >= 4 is 5.69 Å². The summed E-state index contributed by atoms with van der Waals surface area (Å²) in [6.07, 6.45) is 5.84. The van der Waals surface area contributed by atoms with Crippen molar-refractivity contribution in [3.63, 3.8) is 0 Å². The number of hydrogen-bond donors (Lipinski definition) is 0. The van der Waals surface area contributed by atoms with Crippen LogP contribution in [0.15, 0.2) is 21.6 Å². The quantitative estimate of drug-likeness (QED) is 0.835. The Bertz CT molecular complexity index is 729. The van der Waals surface area contributed by atoms with Gasteiger partial charge in [-0.25, -0.2) is 4.68 Å². The molecule has 2 fully saturated rings. The van der Waals surface area contributed by atoms with Crippen molar-refractivity contribution in [1.29, 1.82) is 0 Å². The van der Waals surface area contributed by atoms with Crippen LogP contribution in [0, 0.1) is 0 Å². The van der Waals surface area contributed by atoms with Crippen LogP contribution in [0.4, 0.5) is 5.69 Å². The second kappa shape index (κ2) is 6.11. The highest BCUT2D eigenvalue weighted by molar-refractivity contribution is 5.43. The SMILES string of the molecule is O=c1cc(N2CCCC2)cnn1Cc1noc([C@@H]2CCCO2)n1. The average molecular weight is 317 g/mol. The zero-order valence-electron chi connectivity index (χ0n) is 12.8. The number of ether oxygens (including phenoxy) is 1. The average Bonchev–Trinajstić information content (AvgIpc) is 3.31. The van der Waals surface area contributed by atoms with Crippen LogP contribution in [0.5, 0.6) is 0 Å². The first-order valence-electron chi connectivity index (χ1n) is 8.06. The predicted molar refractivity (Wildman–Crippen MR) is 81.3 cm³/mol. The Morgan fingerprint density at radius 1 is 1.26 bits per heavy atom. The number of nitrogens with zero attached hydrogens (tertiary/aromatic N) is 5. The fourth-order valence-corrected chi connectivity index (χ4v) is 3.06. The van der Waals surface area contributed by atoms with E-state index in [4.69, 9.17) is 9.26 Å². The maximum absolute atomic E-state index is 12.2. The fraction of sp³-hybridized carbons (Fsp3) is 0.600. The molecule has 2 saturated heterocycles. The molecule has 0 spiro atoms. The van der Waals surface area contributed by atoms with Crippen molar-refractivity contribution in [2.24, 2.45) is 0 Å². The van der Waals surface area contributed by atoms with Crippen molar-refractivity contribution in [3.8, 4) is 0 Å². The minimum absolute atomic E-state index is 0.113. The predicted octanol–water partition coefficient (Wildman–Crippen LogP) is 1.13. The van der Waals surface area contributed by atoms with Gasteiger partial charge in [0.15, 0.2) is 5.82 Å². The van der Waals surface area contributed by atoms with E-state index in [0.717, 1.165) is 51.1 Å². The normalized spacial score (nSPS) is 21.2. The molecule has 2 aliphatic heterocycles. The summed E-state index contributed by atoms with van der Waals surface area (Å²) in [5.41, 5.74) is 0.731. The van der Waals surface area contributed by atoms with Gasteiger partial charge in [-0.2, -0.15) is 10.1 Å². The van der Waals surface area contributed by atoms with Crippen LogP contribution in [0.3, 0.4) is 0 Å². The Labute approximate surface area is 133 Å². The molecular weight excluding hydrogens is 298 g/mol. The molecule has 2 aromatic heterocycles. The molecule has 0 amide bonds. The summed E-state index contributed by atoms with van der Waals surface area (Å²) in [6.45, 7) is 2.90. The van der Waals surface area contributed by atoms with Gasteiger partial charge in [-0.1, -0.05) is 5.16 Å². The highest BCUT2D eigenvalue weighted by Crippen LogP contribution is 2.26. The second-order valence-electron chi connectivity index (χ2n) is 5.95. The number of anilines is 1. The molecule has 8 heteroatoms. The van der Waals surface area contributed by atoms with E-state index >= 15 is 0 Å². The lowest BCUT2D eigenvalue weighted by molar-refractivity contribution is 0.0835. The first kappa shape index (κ1) is 14.4. The molecule has 0 aliphatic carbocycles. The van der Waals surface area contributed by atoms with Gasteiger partial charge in [-0.05, 0) is 25.7 Å². The number of aromatic nitrogens is 4. The topological polar surface area (TPSA) is 86.3 Å². The molecule has 2 aliphatic rings. The van der Waals surface area contributed by atoms with E-state index in [1.54, 1.807) is 12.3 Å². The van der Waals surface area contributed by atoms with E-state index in [9.17, 15) is 4.79 Å². The maximum Gasteiger partial charge on any atom is 0.269 e. The molecule has 122 valence electrons. The Hall–Kier alpha value is -2.22. The lowest BCUT2D eigenvalue weighted by Crippen LogP contribution is -2.26. The van der Waals surface area contributed by atoms with Crippen LogP contribution in [-0.2, 0) is 11.3 Å². The van der Waals surface area contributed by atoms with Gasteiger partial charge in [0.25, 0.3) is 11.4 Å². The molecule has 0 bridgehead atoms. The molecule has 4 rings (SSSR count). The summed E-state index contributed by atoms with van der Waals surface area (Å²) < 4.78 is 12.1. The monoisotopic (exact) mass is 317 g/mol. The summed E-state index contributed by atoms with van der Waals surface area (Å²) in [7, 11) is 0. The van der Waals surface area contributed by atoms with Crippen LogP contribution < -0.4 is 10.5 Å². The largest absolute Gasteiger partial charge is 0.370 e. The summed E-state index contributed by atoms with van der Waals surface area (Å²) >= 11 is 0. The lowest BCUT2D eigenvalue weighted by atomic mass is 10.2. The zero-order valence-corrected chi connectivity index (χ0v) is 12.8. The van der Waals surface area contributed by atoms with Gasteiger partial charge in [0.1, 0.15) is 12.6 Å². The summed E-state index contributed by atoms with van der Waals surface area (Å²) in [4.78, 5) is 18.7. The molecular formula is C15H19N5O3. The Morgan fingerprint density at radius 2 is 2.13 bits per heavy atom. The first-order valence-corrected chi connectivity index (χ1v) is 8.06. The van der Waals surface area contributed by atoms with E-state index in [-0.39, 0.29) is 18.2 Å². The van der Waals surface area contributed by atoms with Crippen molar-refractivity contribution in [2.75, 3.05) is 24.6 Å². The highest BCUT2D eigenvalue weighted by atomic mass is 16.5. The van der Waals surface area contributed by atoms with E-state index in [1.807, 2.05) is 0 Å². The Balaban J connectivity index is 1.49. The van der Waals surface area contributed by atoms with Crippen LogP contribution in [0.25, 0.3) is 0 Å². The van der Waals surface area contributed by atoms with Gasteiger partial charge in [0.05, 0.1) is 11.9 Å². The van der Waals surface area contributed by atoms with Gasteiger partial charge in [-0.15, -0.1) is 0 Å². The molecule has 0 N–H and O–H groups in total. The zero-order chi connectivity index (χ0) is 15.6. The third kappa shape index (κ3) is 2.98. The van der Waals surface area contributed by atoms with E-state index in [0.29, 0.717) is 11.7 Å². The lowest BCUT2D eigenvalue weighted by Gasteiger charge is -2.16. The van der Waals surface area contributed by atoms with Crippen molar-refractivity contribution in [2.45, 2.75) is 38.3 Å². The van der Waals surface area contributed by atoms with Crippen LogP contribution >= 0.6 is 0 Å². The van der Waals surface area contributed by atoms with Crippen LogP contribution in [0.2, 0.25) is 0 Å². The highest BCUT2D eigenvalue weighted by Gasteiger charge is 2.24. The Morgan fingerprint density at radius 3 is 2.87 bits per heavy atom. The minimum Gasteiger partial charge on any atom is -0.370 e. The summed E-state index contributed by atoms with van der Waals surface area (Å²) in [6, 6.07) is 1.62. The summed E-state index contributed by atoms with van der Waals surface area (Å²) in [5, 5.41) is 8.16. The molecule has 23 heavy (non-hydrogen) atoms. The van der Waals surface area contributed by atoms with Crippen molar-refractivity contribution in [1.82, 2.24) is 19.9 Å². The van der Waals surface area contributed by atoms with Crippen molar-refractivity contribution in [3.05, 3.63) is 34.3 Å². The molecule has 2 aromatic rings. The summed E-state index contributed by atoms with van der Waals surface area (Å²) in [5.74, 6) is 0.929. The number of hydrogen-bond acceptors (Lipinski definition) is 7. The van der Waals surface area contributed by atoms with Gasteiger partial charge in [0.2, 0.25) is 0 Å². The van der Waals surface area contributed by atoms with E-state index in [1.165, 1.54) is 4.68 Å². The molecule has 0 saturated carbocycles. The minimum atomic E-state index is -0.155. The standard InChI is InChI=1S/C15H19N5O3/c21-14-8-11(19-5-1-2-6-19)9-16-20(14)10-13-17-15(23-18-13)12-4-3-7-22-12/h8-9,12H,1-7,10H2/t12-/m0/s1.